The zero-order chi connectivity index (χ0) is 12.8. The lowest BCUT2D eigenvalue weighted by atomic mass is 10.0. The van der Waals surface area contributed by atoms with Crippen molar-refractivity contribution in [3.8, 4) is 0 Å². The lowest BCUT2D eigenvalue weighted by Crippen LogP contribution is -2.39. The molecule has 2 atom stereocenters. The maximum atomic E-state index is 11.6. The van der Waals surface area contributed by atoms with Crippen molar-refractivity contribution in [3.63, 3.8) is 0 Å². The Kier molecular flexibility index (Phi) is 8.24. The topological polar surface area (TPSA) is 55.1 Å². The van der Waals surface area contributed by atoms with Crippen molar-refractivity contribution < 1.29 is 4.79 Å². The number of hydrogen-bond donors (Lipinski definition) is 2. The number of amides is 1. The molecule has 0 saturated carbocycles. The molecule has 0 aliphatic heterocycles. The molecule has 0 fully saturated rings. The van der Waals surface area contributed by atoms with E-state index in [0.717, 1.165) is 10.9 Å². The highest BCUT2D eigenvalue weighted by atomic mass is 79.9. The van der Waals surface area contributed by atoms with Crippen LogP contribution in [0.3, 0.4) is 0 Å². The van der Waals surface area contributed by atoms with Crippen LogP contribution in [0.4, 0.5) is 0 Å². The van der Waals surface area contributed by atoms with Gasteiger partial charge in [-0.3, -0.25) is 4.79 Å². The van der Waals surface area contributed by atoms with Gasteiger partial charge in [0.25, 0.3) is 0 Å². The minimum atomic E-state index is -0.139. The lowest BCUT2D eigenvalue weighted by molar-refractivity contribution is -0.124. The highest BCUT2D eigenvalue weighted by molar-refractivity contribution is 9.10. The van der Waals surface area contributed by atoms with E-state index in [1.807, 2.05) is 38.1 Å². The Labute approximate surface area is 123 Å². The zero-order valence-corrected chi connectivity index (χ0v) is 13.1. The molecule has 0 aromatic heterocycles. The molecular weight excluding hydrogens is 316 g/mol. The van der Waals surface area contributed by atoms with Crippen molar-refractivity contribution in [2.75, 3.05) is 6.54 Å². The van der Waals surface area contributed by atoms with E-state index in [1.54, 1.807) is 0 Å². The second-order valence-electron chi connectivity index (χ2n) is 4.32. The summed E-state index contributed by atoms with van der Waals surface area (Å²) in [5.74, 6) is -0.114. The molecule has 102 valence electrons. The molecule has 0 bridgehead atoms. The van der Waals surface area contributed by atoms with Crippen LogP contribution in [0.5, 0.6) is 0 Å². The lowest BCUT2D eigenvalue weighted by Gasteiger charge is -2.15. The number of benzene rings is 1. The number of carbonyl (C=O) groups is 1. The molecule has 2 unspecified atom stereocenters. The Bertz CT molecular complexity index is 368. The summed E-state index contributed by atoms with van der Waals surface area (Å²) in [6.45, 7) is 4.34. The molecule has 0 heterocycles. The van der Waals surface area contributed by atoms with Gasteiger partial charge in [0.2, 0.25) is 5.91 Å². The van der Waals surface area contributed by atoms with Gasteiger partial charge in [0, 0.05) is 23.0 Å². The second-order valence-corrected chi connectivity index (χ2v) is 5.23. The first-order valence-electron chi connectivity index (χ1n) is 5.78. The van der Waals surface area contributed by atoms with Crippen molar-refractivity contribution in [2.24, 2.45) is 11.7 Å². The summed E-state index contributed by atoms with van der Waals surface area (Å²) >= 11 is 3.39. The fourth-order valence-electron chi connectivity index (χ4n) is 1.38. The Morgan fingerprint density at radius 2 is 1.89 bits per heavy atom. The normalized spacial score (nSPS) is 13.3. The van der Waals surface area contributed by atoms with Crippen LogP contribution in [-0.4, -0.2) is 18.5 Å². The minimum Gasteiger partial charge on any atom is -0.355 e. The summed E-state index contributed by atoms with van der Waals surface area (Å²) in [6, 6.07) is 7.99. The van der Waals surface area contributed by atoms with E-state index in [-0.39, 0.29) is 30.3 Å². The monoisotopic (exact) mass is 334 g/mol. The second kappa shape index (κ2) is 8.51. The summed E-state index contributed by atoms with van der Waals surface area (Å²) < 4.78 is 1.07. The number of nitrogens with one attached hydrogen (secondary N) is 1. The smallest absolute Gasteiger partial charge is 0.224 e. The van der Waals surface area contributed by atoms with Crippen molar-refractivity contribution in [1.29, 1.82) is 0 Å². The first kappa shape index (κ1) is 17.4. The van der Waals surface area contributed by atoms with E-state index >= 15 is 0 Å². The van der Waals surface area contributed by atoms with Gasteiger partial charge in [-0.15, -0.1) is 12.4 Å². The van der Waals surface area contributed by atoms with Gasteiger partial charge in [0.05, 0.1) is 0 Å². The van der Waals surface area contributed by atoms with Crippen molar-refractivity contribution in [3.05, 3.63) is 34.3 Å². The van der Waals surface area contributed by atoms with E-state index in [9.17, 15) is 4.79 Å². The molecule has 0 radical (unpaired) electrons. The number of carbonyl (C=O) groups excluding carboxylic acids is 1. The zero-order valence-electron chi connectivity index (χ0n) is 10.7. The molecule has 18 heavy (non-hydrogen) atoms. The number of rotatable bonds is 5. The standard InChI is InChI=1S/C13H19BrN2O.ClH/c1-9(10(2)15)13(17)16-8-7-11-3-5-12(14)6-4-11;/h3-6,9-10H,7-8,15H2,1-2H3,(H,16,17);1H. The molecule has 0 saturated heterocycles. The minimum absolute atomic E-state index is 0. The van der Waals surface area contributed by atoms with E-state index in [0.29, 0.717) is 6.54 Å². The largest absolute Gasteiger partial charge is 0.355 e. The van der Waals surface area contributed by atoms with Gasteiger partial charge in [-0.25, -0.2) is 0 Å². The number of hydrogen-bond acceptors (Lipinski definition) is 2. The predicted molar refractivity (Wildman–Crippen MR) is 80.9 cm³/mol. The fourth-order valence-corrected chi connectivity index (χ4v) is 1.65. The Balaban J connectivity index is 0.00000289. The third-order valence-electron chi connectivity index (χ3n) is 2.83. The summed E-state index contributed by atoms with van der Waals surface area (Å²) in [5, 5.41) is 2.90. The molecule has 3 nitrogen and oxygen atoms in total. The molecular formula is C13H20BrClN2O. The van der Waals surface area contributed by atoms with Gasteiger partial charge in [0.15, 0.2) is 0 Å². The third kappa shape index (κ3) is 5.85. The van der Waals surface area contributed by atoms with Crippen LogP contribution in [0.2, 0.25) is 0 Å². The van der Waals surface area contributed by atoms with Gasteiger partial charge < -0.3 is 11.1 Å². The van der Waals surface area contributed by atoms with Gasteiger partial charge >= 0.3 is 0 Å². The van der Waals surface area contributed by atoms with Crippen molar-refractivity contribution in [1.82, 2.24) is 5.32 Å². The van der Waals surface area contributed by atoms with Gasteiger partial charge in [-0.1, -0.05) is 35.0 Å². The average Bonchev–Trinajstić information content (AvgIpc) is 2.30. The summed E-state index contributed by atoms with van der Waals surface area (Å²) in [5.41, 5.74) is 6.88. The molecule has 0 aliphatic carbocycles. The van der Waals surface area contributed by atoms with Gasteiger partial charge in [0.1, 0.15) is 0 Å². The van der Waals surface area contributed by atoms with Crippen molar-refractivity contribution in [2.45, 2.75) is 26.3 Å². The highest BCUT2D eigenvalue weighted by Gasteiger charge is 2.15. The quantitative estimate of drug-likeness (QED) is 0.868. The molecule has 1 rings (SSSR count). The molecule has 1 amide bonds. The molecule has 5 heteroatoms. The first-order valence-corrected chi connectivity index (χ1v) is 6.57. The molecule has 0 spiro atoms. The number of nitrogens with two attached hydrogens (primary N) is 1. The predicted octanol–water partition coefficient (Wildman–Crippen LogP) is 2.51. The molecule has 0 aliphatic rings. The van der Waals surface area contributed by atoms with Crippen molar-refractivity contribution >= 4 is 34.2 Å². The van der Waals surface area contributed by atoms with E-state index < -0.39 is 0 Å². The summed E-state index contributed by atoms with van der Waals surface area (Å²) in [7, 11) is 0. The maximum absolute atomic E-state index is 11.6. The maximum Gasteiger partial charge on any atom is 0.224 e. The van der Waals surface area contributed by atoms with E-state index in [2.05, 4.69) is 21.2 Å². The van der Waals surface area contributed by atoms with E-state index in [4.69, 9.17) is 5.73 Å². The van der Waals surface area contributed by atoms with Crippen LogP contribution in [0.25, 0.3) is 0 Å². The van der Waals surface area contributed by atoms with E-state index in [1.165, 1.54) is 5.56 Å². The SMILES string of the molecule is CC(N)C(C)C(=O)NCCc1ccc(Br)cc1.Cl. The van der Waals surface area contributed by atoms with Crippen LogP contribution in [-0.2, 0) is 11.2 Å². The molecule has 3 N–H and O–H groups in total. The number of halogens is 2. The Hall–Kier alpha value is -0.580. The Morgan fingerprint density at radius 3 is 2.39 bits per heavy atom. The average molecular weight is 336 g/mol. The highest BCUT2D eigenvalue weighted by Crippen LogP contribution is 2.10. The summed E-state index contributed by atoms with van der Waals surface area (Å²) in [4.78, 5) is 11.6. The summed E-state index contributed by atoms with van der Waals surface area (Å²) in [6.07, 6.45) is 0.838. The Morgan fingerprint density at radius 1 is 1.33 bits per heavy atom. The fraction of sp³-hybridized carbons (Fsp3) is 0.462. The van der Waals surface area contributed by atoms with Crippen LogP contribution >= 0.6 is 28.3 Å². The third-order valence-corrected chi connectivity index (χ3v) is 3.36. The van der Waals surface area contributed by atoms with Gasteiger partial charge in [-0.2, -0.15) is 0 Å². The molecule has 1 aromatic carbocycles. The van der Waals surface area contributed by atoms with Crippen LogP contribution < -0.4 is 11.1 Å². The van der Waals surface area contributed by atoms with Crippen LogP contribution in [0.15, 0.2) is 28.7 Å². The van der Waals surface area contributed by atoms with Crippen LogP contribution in [0, 0.1) is 5.92 Å². The first-order chi connectivity index (χ1) is 8.00. The van der Waals surface area contributed by atoms with Crippen LogP contribution in [0.1, 0.15) is 19.4 Å². The van der Waals surface area contributed by atoms with Gasteiger partial charge in [-0.05, 0) is 31.0 Å². The molecule has 1 aromatic rings.